The molecule has 322 valence electrons. The number of hydrogen-bond donors (Lipinski definition) is 2. The number of likely N-dealkylation sites (tertiary alicyclic amines) is 2. The molecule has 3 saturated heterocycles. The molecule has 0 bridgehead atoms. The van der Waals surface area contributed by atoms with Gasteiger partial charge in [0.15, 0.2) is 5.82 Å². The molecule has 16 heteroatoms. The molecule has 0 spiro atoms. The van der Waals surface area contributed by atoms with Crippen LogP contribution >= 0.6 is 23.2 Å². The Hall–Kier alpha value is -5.28. The van der Waals surface area contributed by atoms with Crippen LogP contribution in [0.5, 0.6) is 5.75 Å². The maximum atomic E-state index is 15.5. The molecular formula is C46H42Cl2F3N5O6. The number of rotatable bonds is 10. The van der Waals surface area contributed by atoms with E-state index in [2.05, 4.69) is 27.4 Å². The summed E-state index contributed by atoms with van der Waals surface area (Å²) in [5.74, 6) is -6.34. The summed E-state index contributed by atoms with van der Waals surface area (Å²) in [6, 6.07) is 24.0. The summed E-state index contributed by atoms with van der Waals surface area (Å²) in [5.41, 5.74) is 2.60. The van der Waals surface area contributed by atoms with E-state index in [-0.39, 0.29) is 49.7 Å². The zero-order valence-corrected chi connectivity index (χ0v) is 34.7. The first-order valence-electron chi connectivity index (χ1n) is 20.6. The lowest BCUT2D eigenvalue weighted by atomic mass is 9.49. The number of aliphatic hydroxyl groups excluding tert-OH is 1. The molecule has 1 saturated carbocycles. The number of halogens is 5. The number of nitrogens with zero attached hydrogens (tertiary/aromatic N) is 4. The summed E-state index contributed by atoms with van der Waals surface area (Å²) in [6.07, 6.45) is -0.821. The van der Waals surface area contributed by atoms with Crippen LogP contribution in [-0.2, 0) is 37.3 Å². The van der Waals surface area contributed by atoms with E-state index < -0.39 is 63.6 Å². The predicted octanol–water partition coefficient (Wildman–Crippen LogP) is 7.43. The van der Waals surface area contributed by atoms with Crippen LogP contribution in [0, 0.1) is 23.7 Å². The number of anilines is 1. The minimum atomic E-state index is -4.75. The molecule has 4 heterocycles. The molecule has 5 aliphatic rings. The quantitative estimate of drug-likeness (QED) is 0.123. The summed E-state index contributed by atoms with van der Waals surface area (Å²) >= 11 is 12.7. The lowest BCUT2D eigenvalue weighted by Crippen LogP contribution is -2.53. The Morgan fingerprint density at radius 1 is 0.887 bits per heavy atom. The fraction of sp³-hybridized carbons (Fsp3) is 0.370. The van der Waals surface area contributed by atoms with Crippen molar-refractivity contribution in [3.63, 3.8) is 0 Å². The standard InChI is InChI=1S/C46H42Cl2F3N5O6/c47-29-12-10-27(11-13-29)45-35(42(59)56(44(45)61)53-40-36(48)22-28(24-52-40)46(49,50)51)23-34-31(39(45)32-8-4-5-9-37(32)62-21-20-57)14-15-33-38(34)43(60)55(41(33)58)30-16-18-54(19-17-30)25-26-6-2-1-3-7-26/h1-14,22,24,30,33-35,38-39,57H,15-21,23,25H2,(H,52,53)/t33-,34+,35-,38-,39+,45+/m0/s1. The number of fused-ring (bicyclic) bond motifs is 4. The molecule has 3 aromatic carbocycles. The Balaban J connectivity index is 1.13. The van der Waals surface area contributed by atoms with E-state index >= 15 is 9.59 Å². The van der Waals surface area contributed by atoms with E-state index in [0.717, 1.165) is 11.6 Å². The number of benzene rings is 3. The number of allylic oxidation sites excluding steroid dienone is 2. The minimum Gasteiger partial charge on any atom is -0.491 e. The Labute approximate surface area is 365 Å². The van der Waals surface area contributed by atoms with Gasteiger partial charge in [-0.2, -0.15) is 18.2 Å². The van der Waals surface area contributed by atoms with Crippen molar-refractivity contribution in [3.05, 3.63) is 135 Å². The topological polar surface area (TPSA) is 132 Å². The van der Waals surface area contributed by atoms with Crippen molar-refractivity contribution in [3.8, 4) is 5.75 Å². The van der Waals surface area contributed by atoms with E-state index in [1.165, 1.54) is 10.5 Å². The number of carbonyl (C=O) groups is 4. The zero-order valence-electron chi connectivity index (χ0n) is 33.2. The molecule has 0 unspecified atom stereocenters. The average molecular weight is 889 g/mol. The molecule has 1 aromatic heterocycles. The molecule has 6 atom stereocenters. The Kier molecular flexibility index (Phi) is 11.2. The number of ether oxygens (including phenoxy) is 1. The number of alkyl halides is 3. The van der Waals surface area contributed by atoms with Crippen LogP contribution in [-0.4, -0.2) is 80.9 Å². The Morgan fingerprint density at radius 3 is 2.29 bits per heavy atom. The SMILES string of the molecule is O=C1[C@@H]2C[C@@H]3C(=CC[C@@H]4C(=O)N(C5CCN(Cc6ccccc6)CC5)C(=O)[C@@H]43)[C@H](c3ccccc3OCCO)[C@]2(c2ccc(Cl)cc2)C(=O)N1Nc1ncc(C(F)(F)F)cc1Cl. The van der Waals surface area contributed by atoms with Crippen molar-refractivity contribution in [2.75, 3.05) is 31.7 Å². The normalized spacial score (nSPS) is 26.6. The van der Waals surface area contributed by atoms with E-state index in [4.69, 9.17) is 27.9 Å². The number of pyridine rings is 1. The number of hydrazine groups is 1. The van der Waals surface area contributed by atoms with Crippen LogP contribution in [0.15, 0.2) is 103 Å². The molecule has 9 rings (SSSR count). The van der Waals surface area contributed by atoms with Crippen LogP contribution in [0.1, 0.15) is 53.9 Å². The van der Waals surface area contributed by atoms with Crippen molar-refractivity contribution >= 4 is 52.6 Å². The second-order valence-corrected chi connectivity index (χ2v) is 17.4. The fourth-order valence-electron chi connectivity index (χ4n) is 10.7. The summed E-state index contributed by atoms with van der Waals surface area (Å²) in [5, 5.41) is 10.5. The van der Waals surface area contributed by atoms with Gasteiger partial charge in [-0.05, 0) is 67.0 Å². The van der Waals surface area contributed by atoms with Crippen molar-refractivity contribution in [1.29, 1.82) is 0 Å². The van der Waals surface area contributed by atoms with Gasteiger partial charge in [-0.3, -0.25) is 34.4 Å². The van der Waals surface area contributed by atoms with Gasteiger partial charge in [0.1, 0.15) is 12.4 Å². The molecular weight excluding hydrogens is 846 g/mol. The summed E-state index contributed by atoms with van der Waals surface area (Å²) in [4.78, 5) is 67.6. The second kappa shape index (κ2) is 16.4. The van der Waals surface area contributed by atoms with Crippen molar-refractivity contribution < 1.29 is 42.2 Å². The van der Waals surface area contributed by atoms with Gasteiger partial charge in [0, 0.05) is 48.4 Å². The number of amides is 4. The van der Waals surface area contributed by atoms with Crippen LogP contribution in [0.2, 0.25) is 10.0 Å². The van der Waals surface area contributed by atoms with Crippen molar-refractivity contribution in [1.82, 2.24) is 19.8 Å². The van der Waals surface area contributed by atoms with Gasteiger partial charge < -0.3 is 9.84 Å². The number of nitrogens with one attached hydrogen (secondary N) is 1. The highest BCUT2D eigenvalue weighted by Crippen LogP contribution is 2.65. The number of piperidine rings is 1. The number of carbonyl (C=O) groups excluding carboxylic acids is 4. The smallest absolute Gasteiger partial charge is 0.417 e. The Morgan fingerprint density at radius 2 is 1.60 bits per heavy atom. The van der Waals surface area contributed by atoms with E-state index in [9.17, 15) is 27.9 Å². The van der Waals surface area contributed by atoms with E-state index in [0.29, 0.717) is 65.7 Å². The molecule has 62 heavy (non-hydrogen) atoms. The fourth-order valence-corrected chi connectivity index (χ4v) is 11.0. The van der Waals surface area contributed by atoms with Gasteiger partial charge in [0.25, 0.3) is 11.8 Å². The van der Waals surface area contributed by atoms with Gasteiger partial charge in [-0.1, -0.05) is 95.5 Å². The van der Waals surface area contributed by atoms with Gasteiger partial charge in [0.2, 0.25) is 11.8 Å². The van der Waals surface area contributed by atoms with Crippen molar-refractivity contribution in [2.24, 2.45) is 23.7 Å². The first kappa shape index (κ1) is 42.0. The highest BCUT2D eigenvalue weighted by Gasteiger charge is 2.71. The lowest BCUT2D eigenvalue weighted by molar-refractivity contribution is -0.144. The molecule has 0 radical (unpaired) electrons. The van der Waals surface area contributed by atoms with Crippen molar-refractivity contribution in [2.45, 2.75) is 55.8 Å². The number of para-hydroxylation sites is 1. The first-order valence-corrected chi connectivity index (χ1v) is 21.4. The van der Waals surface area contributed by atoms with Crippen LogP contribution in [0.4, 0.5) is 19.0 Å². The van der Waals surface area contributed by atoms with Gasteiger partial charge in [-0.25, -0.2) is 4.98 Å². The summed E-state index contributed by atoms with van der Waals surface area (Å²) in [6.45, 7) is 1.77. The van der Waals surface area contributed by atoms with Crippen LogP contribution in [0.3, 0.4) is 0 Å². The summed E-state index contributed by atoms with van der Waals surface area (Å²) in [7, 11) is 0. The third-order valence-electron chi connectivity index (χ3n) is 13.3. The minimum absolute atomic E-state index is 0.00883. The number of imide groups is 2. The first-order chi connectivity index (χ1) is 29.8. The third kappa shape index (κ3) is 7.04. The number of aromatic nitrogens is 1. The molecule has 2 aliphatic carbocycles. The maximum absolute atomic E-state index is 15.5. The average Bonchev–Trinajstić information content (AvgIpc) is 3.64. The number of aliphatic hydroxyl groups is 1. The third-order valence-corrected chi connectivity index (χ3v) is 13.9. The summed E-state index contributed by atoms with van der Waals surface area (Å²) < 4.78 is 46.9. The highest BCUT2D eigenvalue weighted by atomic mass is 35.5. The predicted molar refractivity (Wildman–Crippen MR) is 222 cm³/mol. The van der Waals surface area contributed by atoms with Crippen LogP contribution in [0.25, 0.3) is 0 Å². The largest absolute Gasteiger partial charge is 0.491 e. The number of hydrogen-bond acceptors (Lipinski definition) is 9. The molecule has 4 amide bonds. The van der Waals surface area contributed by atoms with E-state index in [1.807, 2.05) is 24.3 Å². The molecule has 3 aliphatic heterocycles. The van der Waals surface area contributed by atoms with Gasteiger partial charge in [-0.15, -0.1) is 0 Å². The molecule has 4 fully saturated rings. The van der Waals surface area contributed by atoms with Gasteiger partial charge >= 0.3 is 6.18 Å². The van der Waals surface area contributed by atoms with Gasteiger partial charge in [0.05, 0.1) is 40.4 Å². The monoisotopic (exact) mass is 887 g/mol. The highest BCUT2D eigenvalue weighted by molar-refractivity contribution is 6.33. The van der Waals surface area contributed by atoms with Crippen LogP contribution < -0.4 is 10.2 Å². The second-order valence-electron chi connectivity index (χ2n) is 16.6. The lowest BCUT2D eigenvalue weighted by Gasteiger charge is -2.50. The maximum Gasteiger partial charge on any atom is 0.417 e. The molecule has 4 aromatic rings. The molecule has 11 nitrogen and oxygen atoms in total. The van der Waals surface area contributed by atoms with E-state index in [1.54, 1.807) is 48.5 Å². The zero-order chi connectivity index (χ0) is 43.5. The molecule has 2 N–H and O–H groups in total. The Bertz CT molecular complexity index is 2450.